The van der Waals surface area contributed by atoms with Crippen molar-refractivity contribution in [2.75, 3.05) is 7.11 Å². The largest absolute Gasteiger partial charge is 0.507 e. The normalized spacial score (nSPS) is 38.6. The zero-order chi connectivity index (χ0) is 63.5. The van der Waals surface area contributed by atoms with Gasteiger partial charge in [-0.05, 0) is 102 Å². The molecular formula is C64H98O23. The molecule has 0 aromatic heterocycles. The second kappa shape index (κ2) is 29.7. The van der Waals surface area contributed by atoms with Gasteiger partial charge in [0.25, 0.3) is 0 Å². The molecule has 5 unspecified atom stereocenters. The lowest BCUT2D eigenvalue weighted by atomic mass is 9.75. The van der Waals surface area contributed by atoms with Crippen LogP contribution >= 0.6 is 0 Å². The van der Waals surface area contributed by atoms with Gasteiger partial charge in [0, 0.05) is 57.1 Å². The molecule has 3 aliphatic heterocycles. The smallest absolute Gasteiger partial charge is 0.306 e. The molecule has 3 heterocycles. The maximum atomic E-state index is 15.2. The van der Waals surface area contributed by atoms with E-state index in [-0.39, 0.29) is 90.0 Å². The first-order valence-electron chi connectivity index (χ1n) is 31.7. The van der Waals surface area contributed by atoms with Gasteiger partial charge in [0.1, 0.15) is 60.0 Å². The fourth-order valence-corrected chi connectivity index (χ4v) is 14.0. The first-order valence-corrected chi connectivity index (χ1v) is 31.7. The standard InChI is InChI=1S/C64H98O23/c1-11-12-13-14-15-16-17-18-46(66)84-44-26-48(80-34(7)56(44)71)86-45-27-47(79-35(8)57(45)72)85-41-23-37-21-36-22-40(61(78-10)60(75)54(69)32(5)65)62(59(74)51(36)58(73)50(37)53(68)31(41)4)87-49-25-43(55(70)33(6)81-49)82-38-19-29(2)52(67)42(24-38)83-39-20-30(3)63(76)64(9,77)28-39/h21,23,29-30,32-35,38-40,42-45,47-49,52,54-57,61-63,65,67-73,76-77H,11-20,22,24-28H2,1-10H3/t29?,30?,32-,33?,34?,35?,38-,39-,40+,42-,43-,44-,45-,47+,48+,49+,52+,54+,55-,56-,57-,61+,62+,63-,64+/m1/s1. The molecule has 23 nitrogen and oxygen atoms in total. The number of esters is 1. The van der Waals surface area contributed by atoms with E-state index in [2.05, 4.69) is 6.92 Å². The number of benzene rings is 2. The quantitative estimate of drug-likeness (QED) is 0.0500. The van der Waals surface area contributed by atoms with Gasteiger partial charge in [-0.2, -0.15) is 0 Å². The Hall–Kier alpha value is -3.73. The van der Waals surface area contributed by atoms with Gasteiger partial charge in [-0.25, -0.2) is 0 Å². The van der Waals surface area contributed by atoms with Gasteiger partial charge < -0.3 is 98.4 Å². The topological polar surface area (TPSA) is 346 Å². The molecule has 2 saturated carbocycles. The summed E-state index contributed by atoms with van der Waals surface area (Å²) in [6.07, 6.45) is -14.0. The number of hydrogen-bond acceptors (Lipinski definition) is 23. The number of aromatic hydroxyl groups is 2. The van der Waals surface area contributed by atoms with Crippen LogP contribution in [0.25, 0.3) is 10.8 Å². The minimum absolute atomic E-state index is 0.000230. The van der Waals surface area contributed by atoms with E-state index in [0.29, 0.717) is 19.3 Å². The van der Waals surface area contributed by atoms with Crippen LogP contribution in [0.5, 0.6) is 17.2 Å². The number of aliphatic hydroxyl groups excluding tert-OH is 7. The van der Waals surface area contributed by atoms with Crippen molar-refractivity contribution in [3.63, 3.8) is 0 Å². The highest BCUT2D eigenvalue weighted by molar-refractivity contribution is 6.11. The molecule has 3 saturated heterocycles. The fourth-order valence-electron chi connectivity index (χ4n) is 14.0. The number of methoxy groups -OCH3 is 1. The van der Waals surface area contributed by atoms with Crippen molar-refractivity contribution >= 4 is 28.3 Å². The van der Waals surface area contributed by atoms with Crippen LogP contribution in [0, 0.1) is 24.7 Å². The predicted octanol–water partition coefficient (Wildman–Crippen LogP) is 4.77. The van der Waals surface area contributed by atoms with Crippen molar-refractivity contribution < 1.29 is 113 Å². The van der Waals surface area contributed by atoms with E-state index < -0.39 is 169 Å². The van der Waals surface area contributed by atoms with Crippen LogP contribution in [0.3, 0.4) is 0 Å². The summed E-state index contributed by atoms with van der Waals surface area (Å²) in [5.74, 6) is -4.93. The molecule has 492 valence electrons. The van der Waals surface area contributed by atoms with Crippen molar-refractivity contribution in [1.82, 2.24) is 0 Å². The van der Waals surface area contributed by atoms with E-state index in [9.17, 15) is 60.7 Å². The Balaban J connectivity index is 0.991. The van der Waals surface area contributed by atoms with Crippen LogP contribution in [-0.4, -0.2) is 210 Å². The minimum atomic E-state index is -1.94. The Kier molecular flexibility index (Phi) is 23.6. The molecule has 0 amide bonds. The molecule has 2 aromatic carbocycles. The maximum absolute atomic E-state index is 15.2. The lowest BCUT2D eigenvalue weighted by Crippen LogP contribution is -2.56. The van der Waals surface area contributed by atoms with Crippen molar-refractivity contribution in [3.8, 4) is 17.2 Å². The number of aliphatic hydroxyl groups is 8. The highest BCUT2D eigenvalue weighted by Crippen LogP contribution is 2.48. The number of phenolic OH excluding ortho intramolecular Hbond substituents is 2. The Morgan fingerprint density at radius 1 is 0.690 bits per heavy atom. The predicted molar refractivity (Wildman–Crippen MR) is 312 cm³/mol. The molecule has 23 heteroatoms. The summed E-state index contributed by atoms with van der Waals surface area (Å²) in [6.45, 7) is 15.0. The molecule has 87 heavy (non-hydrogen) atoms. The van der Waals surface area contributed by atoms with E-state index in [0.717, 1.165) is 25.7 Å². The summed E-state index contributed by atoms with van der Waals surface area (Å²) in [5.41, 5.74) is -1.27. The Bertz CT molecular complexity index is 2630. The van der Waals surface area contributed by atoms with Gasteiger partial charge in [0.2, 0.25) is 6.29 Å². The molecule has 8 rings (SSSR count). The second-order valence-corrected chi connectivity index (χ2v) is 26.2. The molecule has 5 fully saturated rings. The summed E-state index contributed by atoms with van der Waals surface area (Å²) >= 11 is 0. The number of Topliss-reactive ketones (excluding diaryl/α,β-unsaturated/α-hetero) is 2. The molecule has 0 radical (unpaired) electrons. The molecule has 3 aliphatic carbocycles. The molecule has 2 aromatic rings. The minimum Gasteiger partial charge on any atom is -0.507 e. The maximum Gasteiger partial charge on any atom is 0.306 e. The third kappa shape index (κ3) is 16.0. The second-order valence-electron chi connectivity index (χ2n) is 26.2. The third-order valence-electron chi connectivity index (χ3n) is 19.1. The van der Waals surface area contributed by atoms with Crippen LogP contribution in [-0.2, 0) is 58.6 Å². The monoisotopic (exact) mass is 1230 g/mol. The number of carbonyl (C=O) groups is 3. The van der Waals surface area contributed by atoms with Crippen LogP contribution in [0.4, 0.5) is 0 Å². The van der Waals surface area contributed by atoms with Crippen molar-refractivity contribution in [2.45, 2.75) is 299 Å². The molecule has 0 bridgehead atoms. The van der Waals surface area contributed by atoms with E-state index in [4.69, 9.17) is 47.4 Å². The Labute approximate surface area is 509 Å². The van der Waals surface area contributed by atoms with E-state index >= 15 is 4.79 Å². The van der Waals surface area contributed by atoms with Gasteiger partial charge >= 0.3 is 5.97 Å². The first-order chi connectivity index (χ1) is 41.1. The van der Waals surface area contributed by atoms with Gasteiger partial charge in [-0.3, -0.25) is 14.4 Å². The number of hydrogen-bond donors (Lipinski definition) is 10. The van der Waals surface area contributed by atoms with Crippen molar-refractivity contribution in [2.24, 2.45) is 17.8 Å². The van der Waals surface area contributed by atoms with Crippen LogP contribution in [0.1, 0.15) is 173 Å². The van der Waals surface area contributed by atoms with Gasteiger partial charge in [0.15, 0.2) is 24.1 Å². The van der Waals surface area contributed by atoms with E-state index in [1.165, 1.54) is 39.9 Å². The molecular weight excluding hydrogens is 1140 g/mol. The highest BCUT2D eigenvalue weighted by atomic mass is 16.7. The van der Waals surface area contributed by atoms with Gasteiger partial charge in [-0.15, -0.1) is 0 Å². The van der Waals surface area contributed by atoms with Gasteiger partial charge in [0.05, 0.1) is 83.7 Å². The number of fused-ring (bicyclic) bond motifs is 2. The summed E-state index contributed by atoms with van der Waals surface area (Å²) in [6, 6.07) is 3.08. The lowest BCUT2D eigenvalue weighted by Gasteiger charge is -2.46. The lowest BCUT2D eigenvalue weighted by molar-refractivity contribution is -0.299. The zero-order valence-electron chi connectivity index (χ0n) is 52.1. The average Bonchev–Trinajstić information content (AvgIpc) is 0.908. The summed E-state index contributed by atoms with van der Waals surface area (Å²) < 4.78 is 62.1. The van der Waals surface area contributed by atoms with Crippen LogP contribution in [0.15, 0.2) is 12.1 Å². The molecule has 25 atom stereocenters. The number of ether oxygens (including phenoxy) is 10. The number of ketones is 2. The van der Waals surface area contributed by atoms with Crippen LogP contribution in [0.2, 0.25) is 0 Å². The molecule has 10 N–H and O–H groups in total. The Morgan fingerprint density at radius 3 is 1.87 bits per heavy atom. The number of carbonyl (C=O) groups excluding carboxylic acids is 3. The summed E-state index contributed by atoms with van der Waals surface area (Å²) in [5, 5.41) is 112. The Morgan fingerprint density at radius 2 is 1.24 bits per heavy atom. The zero-order valence-corrected chi connectivity index (χ0v) is 52.1. The average molecular weight is 1240 g/mol. The summed E-state index contributed by atoms with van der Waals surface area (Å²) in [7, 11) is 1.21. The number of rotatable bonds is 24. The van der Waals surface area contributed by atoms with Crippen LogP contribution < -0.4 is 4.74 Å². The van der Waals surface area contributed by atoms with Gasteiger partial charge in [-0.1, -0.05) is 59.3 Å². The first kappa shape index (κ1) is 69.2. The van der Waals surface area contributed by atoms with E-state index in [1.807, 2.05) is 13.8 Å². The summed E-state index contributed by atoms with van der Waals surface area (Å²) in [4.78, 5) is 42.1. The van der Waals surface area contributed by atoms with Crippen molar-refractivity contribution in [3.05, 3.63) is 28.8 Å². The fraction of sp³-hybridized carbons (Fsp3) is 0.797. The molecule has 6 aliphatic rings. The SMILES string of the molecule is CCCCCCCCCC(=O)O[C@@H]1C[C@H](O[C@@H]2C[C@H](Oc3cc4cc5c(c(O)c4c(O)c3C)C(=O)[C@@H](O[C@H]3C[C@@H](O[C@@H]4CC(C)[C@H](O)[C@H](O[C@@H]6CC(C)[C@@H](O)[C@@](C)(O)C6)C4)[C@H](O)C(C)O3)[C@H]([C@H](OC)C(=O)[C@@H](O)[C@@H](C)O)C5)OC(C)[C@H]2O)OC(C)[C@H]1O. The third-order valence-corrected chi connectivity index (χ3v) is 19.1. The molecule has 0 spiro atoms. The number of phenols is 2. The van der Waals surface area contributed by atoms with E-state index in [1.54, 1.807) is 33.8 Å². The highest BCUT2D eigenvalue weighted by Gasteiger charge is 2.51. The number of unbranched alkanes of at least 4 members (excludes halogenated alkanes) is 6. The van der Waals surface area contributed by atoms with Crippen molar-refractivity contribution in [1.29, 1.82) is 0 Å².